The minimum absolute atomic E-state index is 0.0807. The molecule has 1 atom stereocenters. The molecule has 2 aliphatic carbocycles. The first-order chi connectivity index (χ1) is 15.5. The largest absolute Gasteiger partial charge is 0.481 e. The number of carboxylic acids is 1. The molecule has 0 spiro atoms. The highest BCUT2D eigenvalue weighted by Crippen LogP contribution is 2.45. The Bertz CT molecular complexity index is 924. The molecule has 3 N–H and O–H groups in total. The van der Waals surface area contributed by atoms with E-state index >= 15 is 0 Å². The molecule has 2 aromatic carbocycles. The highest BCUT2D eigenvalue weighted by atomic mass is 16.4. The van der Waals surface area contributed by atoms with Crippen molar-refractivity contribution in [3.05, 3.63) is 71.3 Å². The number of carbonyl (C=O) groups excluding carboxylic acids is 1. The van der Waals surface area contributed by atoms with Gasteiger partial charge in [0.1, 0.15) is 0 Å². The summed E-state index contributed by atoms with van der Waals surface area (Å²) in [4.78, 5) is 25.8. The number of fused-ring (bicyclic) bond motifs is 1. The highest BCUT2D eigenvalue weighted by molar-refractivity contribution is 5.85. The summed E-state index contributed by atoms with van der Waals surface area (Å²) in [7, 11) is 0. The molecule has 4 rings (SSSR count). The quantitative estimate of drug-likeness (QED) is 0.557. The van der Waals surface area contributed by atoms with E-state index in [4.69, 9.17) is 0 Å². The van der Waals surface area contributed by atoms with Crippen LogP contribution in [-0.4, -0.2) is 34.2 Å². The molecule has 1 amide bonds. The normalized spacial score (nSPS) is 19.3. The molecule has 1 fully saturated rings. The summed E-state index contributed by atoms with van der Waals surface area (Å²) in [5, 5.41) is 23.4. The summed E-state index contributed by atoms with van der Waals surface area (Å²) in [5.41, 5.74) is 2.07. The van der Waals surface area contributed by atoms with Crippen molar-refractivity contribution in [2.75, 3.05) is 6.61 Å². The fraction of sp³-hybridized carbons (Fsp3) is 0.481. The molecular formula is C27H33NO4. The third-order valence-corrected chi connectivity index (χ3v) is 7.51. The molecule has 5 nitrogen and oxygen atoms in total. The monoisotopic (exact) mass is 435 g/mol. The van der Waals surface area contributed by atoms with Gasteiger partial charge in [-0.25, -0.2) is 0 Å². The average Bonchev–Trinajstić information content (AvgIpc) is 3.42. The minimum atomic E-state index is -0.829. The van der Waals surface area contributed by atoms with E-state index in [0.29, 0.717) is 44.9 Å². The topological polar surface area (TPSA) is 86.6 Å². The molecule has 170 valence electrons. The predicted molar refractivity (Wildman–Crippen MR) is 123 cm³/mol. The maximum Gasteiger partial charge on any atom is 0.306 e. The number of aryl methyl sites for hydroxylation is 1. The van der Waals surface area contributed by atoms with Crippen LogP contribution in [0, 0.1) is 11.3 Å². The van der Waals surface area contributed by atoms with Gasteiger partial charge >= 0.3 is 5.97 Å². The predicted octanol–water partition coefficient (Wildman–Crippen LogP) is 3.92. The van der Waals surface area contributed by atoms with Crippen LogP contribution in [0.4, 0.5) is 0 Å². The van der Waals surface area contributed by atoms with Crippen LogP contribution in [0.2, 0.25) is 0 Å². The Morgan fingerprint density at radius 3 is 2.09 bits per heavy atom. The van der Waals surface area contributed by atoms with Gasteiger partial charge in [0.25, 0.3) is 0 Å². The van der Waals surface area contributed by atoms with Crippen molar-refractivity contribution in [2.24, 2.45) is 11.3 Å². The van der Waals surface area contributed by atoms with Crippen LogP contribution >= 0.6 is 0 Å². The third-order valence-electron chi connectivity index (χ3n) is 7.51. The first-order valence-electron chi connectivity index (χ1n) is 11.7. The number of rotatable bonds is 9. The van der Waals surface area contributed by atoms with Crippen LogP contribution in [0.3, 0.4) is 0 Å². The Kier molecular flexibility index (Phi) is 6.66. The van der Waals surface area contributed by atoms with Crippen LogP contribution in [0.1, 0.15) is 55.2 Å². The molecule has 5 heteroatoms. The van der Waals surface area contributed by atoms with E-state index in [9.17, 15) is 19.8 Å². The third kappa shape index (κ3) is 4.73. The van der Waals surface area contributed by atoms with E-state index in [0.717, 1.165) is 29.5 Å². The summed E-state index contributed by atoms with van der Waals surface area (Å²) in [6.45, 7) is -0.125. The van der Waals surface area contributed by atoms with Gasteiger partial charge in [0.05, 0.1) is 23.5 Å². The smallest absolute Gasteiger partial charge is 0.306 e. The van der Waals surface area contributed by atoms with E-state index in [2.05, 4.69) is 5.32 Å². The SMILES string of the molecule is O=C(O)C(CCc1ccccc1)CC1(C(=O)NC2(CO)Cc3ccccc3C2)CCCC1. The number of carboxylic acid groups (broad SMARTS) is 1. The van der Waals surface area contributed by atoms with Crippen molar-refractivity contribution in [3.63, 3.8) is 0 Å². The fourth-order valence-electron chi connectivity index (χ4n) is 5.65. The van der Waals surface area contributed by atoms with E-state index < -0.39 is 22.8 Å². The molecule has 0 bridgehead atoms. The minimum Gasteiger partial charge on any atom is -0.481 e. The Labute approximate surface area is 189 Å². The summed E-state index contributed by atoms with van der Waals surface area (Å²) in [6.07, 6.45) is 6.07. The molecular weight excluding hydrogens is 402 g/mol. The second-order valence-corrected chi connectivity index (χ2v) is 9.77. The van der Waals surface area contributed by atoms with Crippen molar-refractivity contribution in [2.45, 2.75) is 63.3 Å². The first-order valence-corrected chi connectivity index (χ1v) is 11.7. The fourth-order valence-corrected chi connectivity index (χ4v) is 5.65. The van der Waals surface area contributed by atoms with Gasteiger partial charge in [0.2, 0.25) is 5.91 Å². The lowest BCUT2D eigenvalue weighted by atomic mass is 9.74. The number of hydrogen-bond donors (Lipinski definition) is 3. The molecule has 0 aromatic heterocycles. The highest BCUT2D eigenvalue weighted by Gasteiger charge is 2.47. The summed E-state index contributed by atoms with van der Waals surface area (Å²) in [6, 6.07) is 18.0. The van der Waals surface area contributed by atoms with Gasteiger partial charge in [-0.1, -0.05) is 67.4 Å². The van der Waals surface area contributed by atoms with E-state index in [1.54, 1.807) is 0 Å². The summed E-state index contributed by atoms with van der Waals surface area (Å²) < 4.78 is 0. The van der Waals surface area contributed by atoms with Gasteiger partial charge in [-0.2, -0.15) is 0 Å². The van der Waals surface area contributed by atoms with Crippen molar-refractivity contribution in [1.29, 1.82) is 0 Å². The van der Waals surface area contributed by atoms with Crippen molar-refractivity contribution in [3.8, 4) is 0 Å². The number of benzene rings is 2. The van der Waals surface area contributed by atoms with Crippen molar-refractivity contribution >= 4 is 11.9 Å². The number of nitrogens with one attached hydrogen (secondary N) is 1. The van der Waals surface area contributed by atoms with Gasteiger partial charge in [0, 0.05) is 0 Å². The Morgan fingerprint density at radius 2 is 1.53 bits per heavy atom. The van der Waals surface area contributed by atoms with Crippen molar-refractivity contribution < 1.29 is 19.8 Å². The average molecular weight is 436 g/mol. The molecule has 1 unspecified atom stereocenters. The Morgan fingerprint density at radius 1 is 0.938 bits per heavy atom. The van der Waals surface area contributed by atoms with Crippen LogP contribution in [0.5, 0.6) is 0 Å². The van der Waals surface area contributed by atoms with Crippen LogP contribution < -0.4 is 5.32 Å². The summed E-state index contributed by atoms with van der Waals surface area (Å²) >= 11 is 0. The number of amides is 1. The lowest BCUT2D eigenvalue weighted by Crippen LogP contribution is -2.56. The second kappa shape index (κ2) is 9.45. The number of aliphatic hydroxyl groups is 1. The van der Waals surface area contributed by atoms with E-state index in [1.807, 2.05) is 54.6 Å². The van der Waals surface area contributed by atoms with Gasteiger partial charge in [-0.3, -0.25) is 9.59 Å². The second-order valence-electron chi connectivity index (χ2n) is 9.77. The molecule has 0 aliphatic heterocycles. The van der Waals surface area contributed by atoms with Gasteiger partial charge in [-0.15, -0.1) is 0 Å². The number of aliphatic hydroxyl groups excluding tert-OH is 1. The van der Waals surface area contributed by atoms with Gasteiger partial charge in [0.15, 0.2) is 0 Å². The maximum absolute atomic E-state index is 13.7. The lowest BCUT2D eigenvalue weighted by molar-refractivity contribution is -0.145. The zero-order valence-electron chi connectivity index (χ0n) is 18.6. The molecule has 2 aliphatic rings. The lowest BCUT2D eigenvalue weighted by Gasteiger charge is -2.36. The molecule has 0 saturated heterocycles. The van der Waals surface area contributed by atoms with E-state index in [1.165, 1.54) is 0 Å². The Balaban J connectivity index is 1.48. The van der Waals surface area contributed by atoms with Gasteiger partial charge in [-0.05, 0) is 61.6 Å². The van der Waals surface area contributed by atoms with Crippen LogP contribution in [0.15, 0.2) is 54.6 Å². The zero-order chi connectivity index (χ0) is 22.6. The number of hydrogen-bond acceptors (Lipinski definition) is 3. The molecule has 0 radical (unpaired) electrons. The number of carbonyl (C=O) groups is 2. The Hall–Kier alpha value is -2.66. The molecule has 0 heterocycles. The maximum atomic E-state index is 13.7. The molecule has 2 aromatic rings. The molecule has 1 saturated carbocycles. The first kappa shape index (κ1) is 22.5. The standard InChI is InChI=1S/C27H33NO4/c29-19-27(17-21-10-4-5-11-22(21)18-27)28-25(32)26(14-6-7-15-26)16-23(24(30)31)13-12-20-8-2-1-3-9-20/h1-5,8-11,23,29H,6-7,12-19H2,(H,28,32)(H,30,31). The zero-order valence-corrected chi connectivity index (χ0v) is 18.6. The van der Waals surface area contributed by atoms with Gasteiger partial charge < -0.3 is 15.5 Å². The van der Waals surface area contributed by atoms with Crippen LogP contribution in [0.25, 0.3) is 0 Å². The number of aliphatic carboxylic acids is 1. The summed E-state index contributed by atoms with van der Waals surface area (Å²) in [5.74, 6) is -1.47. The molecule has 32 heavy (non-hydrogen) atoms. The van der Waals surface area contributed by atoms with E-state index in [-0.39, 0.29) is 12.5 Å². The van der Waals surface area contributed by atoms with Crippen LogP contribution in [-0.2, 0) is 28.9 Å². The van der Waals surface area contributed by atoms with Crippen molar-refractivity contribution in [1.82, 2.24) is 5.32 Å².